The molecule has 0 bridgehead atoms. The van der Waals surface area contributed by atoms with Gasteiger partial charge in [-0.2, -0.15) is 0 Å². The Morgan fingerprint density at radius 3 is 2.50 bits per heavy atom. The normalized spacial score (nSPS) is 31.2. The second-order valence-electron chi connectivity index (χ2n) is 3.65. The molecule has 1 N–H and O–H groups in total. The summed E-state index contributed by atoms with van der Waals surface area (Å²) in [6.07, 6.45) is 0.00861. The fraction of sp³-hybridized carbons (Fsp3) is 0.889. The molecule has 0 spiro atoms. The summed E-state index contributed by atoms with van der Waals surface area (Å²) >= 11 is 0. The third-order valence-electron chi connectivity index (χ3n) is 2.37. The summed E-state index contributed by atoms with van der Waals surface area (Å²) < 4.78 is 4.94. The largest absolute Gasteiger partial charge is 0.461 e. The molecule has 0 aliphatic carbocycles. The highest BCUT2D eigenvalue weighted by atomic mass is 16.6. The molecule has 12 heavy (non-hydrogen) atoms. The molecule has 70 valence electrons. The predicted octanol–water partition coefficient (Wildman–Crippen LogP) is 0.955. The lowest BCUT2D eigenvalue weighted by atomic mass is 9.83. The highest BCUT2D eigenvalue weighted by Crippen LogP contribution is 2.31. The Kier molecular flexibility index (Phi) is 2.73. The summed E-state index contributed by atoms with van der Waals surface area (Å²) in [5.41, 5.74) is 0. The van der Waals surface area contributed by atoms with Gasteiger partial charge in [0.1, 0.15) is 12.0 Å². The predicted molar refractivity (Wildman–Crippen MR) is 44.5 cm³/mol. The van der Waals surface area contributed by atoms with Gasteiger partial charge in [-0.05, 0) is 12.3 Å². The van der Waals surface area contributed by atoms with Gasteiger partial charge in [0.25, 0.3) is 0 Å². The number of carbonyl (C=O) groups excluding carboxylic acids is 1. The second-order valence-corrected chi connectivity index (χ2v) is 3.65. The lowest BCUT2D eigenvalue weighted by Crippen LogP contribution is -2.53. The van der Waals surface area contributed by atoms with Gasteiger partial charge in [-0.3, -0.25) is 4.79 Å². The van der Waals surface area contributed by atoms with Crippen LogP contribution in [0.1, 0.15) is 27.2 Å². The Balaban J connectivity index is 2.55. The van der Waals surface area contributed by atoms with E-state index in [1.807, 2.05) is 20.8 Å². The van der Waals surface area contributed by atoms with Crippen LogP contribution < -0.4 is 0 Å². The van der Waals surface area contributed by atoms with Gasteiger partial charge in [0.2, 0.25) is 0 Å². The molecule has 1 rings (SSSR count). The van der Waals surface area contributed by atoms with Crippen molar-refractivity contribution in [2.75, 3.05) is 0 Å². The van der Waals surface area contributed by atoms with Crippen molar-refractivity contribution in [2.45, 2.75) is 39.4 Å². The first-order valence-electron chi connectivity index (χ1n) is 4.46. The van der Waals surface area contributed by atoms with Gasteiger partial charge in [0, 0.05) is 0 Å². The monoisotopic (exact) mass is 172 g/mol. The van der Waals surface area contributed by atoms with Gasteiger partial charge in [0.05, 0.1) is 6.10 Å². The van der Waals surface area contributed by atoms with Gasteiger partial charge in [-0.25, -0.2) is 0 Å². The molecule has 3 heteroatoms. The minimum Gasteiger partial charge on any atom is -0.461 e. The molecule has 1 saturated heterocycles. The molecule has 3 atom stereocenters. The van der Waals surface area contributed by atoms with Crippen molar-refractivity contribution in [3.63, 3.8) is 0 Å². The molecular formula is C9H16O3. The molecule has 0 aromatic heterocycles. The van der Waals surface area contributed by atoms with Crippen molar-refractivity contribution >= 4 is 5.97 Å². The summed E-state index contributed by atoms with van der Waals surface area (Å²) in [7, 11) is 0. The average molecular weight is 172 g/mol. The number of cyclic esters (lactones) is 1. The van der Waals surface area contributed by atoms with E-state index in [4.69, 9.17) is 4.74 Å². The van der Waals surface area contributed by atoms with E-state index < -0.39 is 6.10 Å². The van der Waals surface area contributed by atoms with E-state index in [-0.39, 0.29) is 18.0 Å². The fourth-order valence-corrected chi connectivity index (χ4v) is 1.53. The van der Waals surface area contributed by atoms with Crippen molar-refractivity contribution in [3.8, 4) is 0 Å². The summed E-state index contributed by atoms with van der Waals surface area (Å²) in [6.45, 7) is 5.85. The summed E-state index contributed by atoms with van der Waals surface area (Å²) in [5, 5.41) is 9.47. The molecule has 1 aliphatic heterocycles. The van der Waals surface area contributed by atoms with Crippen LogP contribution in [0.25, 0.3) is 0 Å². The van der Waals surface area contributed by atoms with Crippen LogP contribution in [-0.2, 0) is 9.53 Å². The van der Waals surface area contributed by atoms with Gasteiger partial charge in [0.15, 0.2) is 0 Å². The van der Waals surface area contributed by atoms with E-state index >= 15 is 0 Å². The first kappa shape index (κ1) is 9.52. The number of carbonyl (C=O) groups is 1. The van der Waals surface area contributed by atoms with Crippen molar-refractivity contribution in [1.29, 1.82) is 0 Å². The number of esters is 1. The number of aliphatic hydroxyl groups is 1. The third-order valence-corrected chi connectivity index (χ3v) is 2.37. The minimum absolute atomic E-state index is 0.0764. The topological polar surface area (TPSA) is 46.5 Å². The molecule has 0 saturated carbocycles. The quantitative estimate of drug-likeness (QED) is 0.645. The van der Waals surface area contributed by atoms with Crippen LogP contribution in [0.2, 0.25) is 0 Å². The lowest BCUT2D eigenvalue weighted by Gasteiger charge is -2.39. The first-order valence-corrected chi connectivity index (χ1v) is 4.46. The maximum absolute atomic E-state index is 11.0. The first-order chi connectivity index (χ1) is 5.57. The average Bonchev–Trinajstić information content (AvgIpc) is 1.99. The van der Waals surface area contributed by atoms with Gasteiger partial charge in [-0.1, -0.05) is 20.8 Å². The van der Waals surface area contributed by atoms with Crippen molar-refractivity contribution in [1.82, 2.24) is 0 Å². The summed E-state index contributed by atoms with van der Waals surface area (Å²) in [6, 6.07) is 0. The fourth-order valence-electron chi connectivity index (χ4n) is 1.53. The Hall–Kier alpha value is -0.570. The molecule has 3 nitrogen and oxygen atoms in total. The van der Waals surface area contributed by atoms with Crippen LogP contribution in [-0.4, -0.2) is 23.3 Å². The Bertz CT molecular complexity index is 177. The number of aliphatic hydroxyl groups excluding tert-OH is 1. The lowest BCUT2D eigenvalue weighted by molar-refractivity contribution is -0.201. The van der Waals surface area contributed by atoms with E-state index in [1.54, 1.807) is 0 Å². The highest BCUT2D eigenvalue weighted by molar-refractivity contribution is 5.79. The van der Waals surface area contributed by atoms with Gasteiger partial charge < -0.3 is 9.84 Å². The molecule has 1 aliphatic rings. The van der Waals surface area contributed by atoms with E-state index in [0.29, 0.717) is 12.3 Å². The van der Waals surface area contributed by atoms with Crippen LogP contribution in [0.5, 0.6) is 0 Å². The molecule has 0 radical (unpaired) electrons. The molecule has 3 unspecified atom stereocenters. The standard InChI is InChI=1S/C9H16O3/c1-4-6(10)7-8(5(2)3)12-9(7)11/h5-8,10H,4H2,1-3H3. The summed E-state index contributed by atoms with van der Waals surface area (Å²) in [5.74, 6) is -0.230. The van der Waals surface area contributed by atoms with Crippen LogP contribution >= 0.6 is 0 Å². The van der Waals surface area contributed by atoms with Gasteiger partial charge in [-0.15, -0.1) is 0 Å². The van der Waals surface area contributed by atoms with E-state index in [9.17, 15) is 9.90 Å². The van der Waals surface area contributed by atoms with E-state index in [1.165, 1.54) is 0 Å². The SMILES string of the molecule is CCC(O)C1C(=O)OC1C(C)C. The molecule has 0 amide bonds. The van der Waals surface area contributed by atoms with Gasteiger partial charge >= 0.3 is 5.97 Å². The minimum atomic E-state index is -0.529. The number of ether oxygens (including phenoxy) is 1. The second kappa shape index (κ2) is 3.44. The smallest absolute Gasteiger partial charge is 0.315 e. The van der Waals surface area contributed by atoms with Crippen molar-refractivity contribution in [3.05, 3.63) is 0 Å². The Morgan fingerprint density at radius 2 is 2.17 bits per heavy atom. The zero-order valence-corrected chi connectivity index (χ0v) is 7.78. The third kappa shape index (κ3) is 1.46. The molecular weight excluding hydrogens is 156 g/mol. The maximum atomic E-state index is 11.0. The maximum Gasteiger partial charge on any atom is 0.315 e. The molecule has 0 aromatic rings. The number of hydrogen-bond donors (Lipinski definition) is 1. The van der Waals surface area contributed by atoms with E-state index in [2.05, 4.69) is 0 Å². The van der Waals surface area contributed by atoms with E-state index in [0.717, 1.165) is 0 Å². The van der Waals surface area contributed by atoms with Crippen LogP contribution in [0.3, 0.4) is 0 Å². The van der Waals surface area contributed by atoms with Crippen molar-refractivity contribution in [2.24, 2.45) is 11.8 Å². The van der Waals surface area contributed by atoms with Crippen LogP contribution in [0.15, 0.2) is 0 Å². The molecule has 0 aromatic carbocycles. The van der Waals surface area contributed by atoms with Crippen LogP contribution in [0, 0.1) is 11.8 Å². The number of hydrogen-bond acceptors (Lipinski definition) is 3. The number of rotatable bonds is 3. The molecule has 1 fully saturated rings. The van der Waals surface area contributed by atoms with Crippen molar-refractivity contribution < 1.29 is 14.6 Å². The highest BCUT2D eigenvalue weighted by Gasteiger charge is 2.47. The van der Waals surface area contributed by atoms with Crippen LogP contribution in [0.4, 0.5) is 0 Å². The Morgan fingerprint density at radius 1 is 1.58 bits per heavy atom. The summed E-state index contributed by atoms with van der Waals surface area (Å²) in [4.78, 5) is 11.0. The zero-order chi connectivity index (χ0) is 9.30. The zero-order valence-electron chi connectivity index (χ0n) is 7.78. The molecule has 1 heterocycles. The Labute approximate surface area is 72.7 Å².